The molecule has 1 amide bonds. The van der Waals surface area contributed by atoms with Crippen LogP contribution in [-0.2, 0) is 11.3 Å². The zero-order valence-corrected chi connectivity index (χ0v) is 20.8. The average Bonchev–Trinajstić information content (AvgIpc) is 3.43. The third-order valence-electron chi connectivity index (χ3n) is 6.84. The molecule has 5 nitrogen and oxygen atoms in total. The molecule has 3 aromatic carbocycles. The molecule has 0 bridgehead atoms. The third kappa shape index (κ3) is 4.81. The summed E-state index contributed by atoms with van der Waals surface area (Å²) in [7, 11) is 0. The SMILES string of the molecule is Cc1ccc(N2CC(c3nc4ccccc4n3CCCOc3ccccc3C(C)C)CC2=O)cc1. The highest BCUT2D eigenvalue weighted by molar-refractivity contribution is 5.96. The van der Waals surface area contributed by atoms with E-state index in [1.54, 1.807) is 0 Å². The van der Waals surface area contributed by atoms with Crippen molar-refractivity contribution in [2.45, 2.75) is 52.0 Å². The van der Waals surface area contributed by atoms with Crippen LogP contribution in [0.4, 0.5) is 5.69 Å². The van der Waals surface area contributed by atoms with Crippen molar-refractivity contribution in [2.24, 2.45) is 0 Å². The van der Waals surface area contributed by atoms with Crippen molar-refractivity contribution >= 4 is 22.6 Å². The molecule has 0 aliphatic carbocycles. The van der Waals surface area contributed by atoms with E-state index in [4.69, 9.17) is 9.72 Å². The van der Waals surface area contributed by atoms with Gasteiger partial charge in [-0.25, -0.2) is 4.98 Å². The Morgan fingerprint density at radius 3 is 2.54 bits per heavy atom. The minimum absolute atomic E-state index is 0.0683. The number of hydrogen-bond acceptors (Lipinski definition) is 3. The van der Waals surface area contributed by atoms with E-state index in [0.717, 1.165) is 41.3 Å². The van der Waals surface area contributed by atoms with Crippen LogP contribution in [0.5, 0.6) is 5.75 Å². The molecule has 0 saturated carbocycles. The van der Waals surface area contributed by atoms with Crippen molar-refractivity contribution in [3.63, 3.8) is 0 Å². The van der Waals surface area contributed by atoms with Gasteiger partial charge in [-0.2, -0.15) is 0 Å². The molecular formula is C30H33N3O2. The number of rotatable bonds is 8. The van der Waals surface area contributed by atoms with E-state index in [1.165, 1.54) is 11.1 Å². The van der Waals surface area contributed by atoms with Crippen molar-refractivity contribution in [3.05, 3.63) is 89.7 Å². The van der Waals surface area contributed by atoms with Crippen LogP contribution < -0.4 is 9.64 Å². The quantitative estimate of drug-likeness (QED) is 0.280. The lowest BCUT2D eigenvalue weighted by Crippen LogP contribution is -2.24. The zero-order chi connectivity index (χ0) is 24.4. The predicted octanol–water partition coefficient (Wildman–Crippen LogP) is 6.46. The Morgan fingerprint density at radius 2 is 1.74 bits per heavy atom. The molecule has 0 radical (unpaired) electrons. The maximum atomic E-state index is 12.9. The number of carbonyl (C=O) groups is 1. The Balaban J connectivity index is 1.34. The number of hydrogen-bond donors (Lipinski definition) is 0. The van der Waals surface area contributed by atoms with Crippen molar-refractivity contribution in [1.82, 2.24) is 9.55 Å². The van der Waals surface area contributed by atoms with Gasteiger partial charge in [0.15, 0.2) is 0 Å². The number of anilines is 1. The number of aryl methyl sites for hydroxylation is 2. The molecular weight excluding hydrogens is 434 g/mol. The van der Waals surface area contributed by atoms with Gasteiger partial charge in [0.1, 0.15) is 11.6 Å². The van der Waals surface area contributed by atoms with Gasteiger partial charge in [0.2, 0.25) is 5.91 Å². The number of ether oxygens (including phenoxy) is 1. The number of carbonyl (C=O) groups excluding carboxylic acids is 1. The molecule has 2 heterocycles. The van der Waals surface area contributed by atoms with Crippen LogP contribution in [0.3, 0.4) is 0 Å². The van der Waals surface area contributed by atoms with Crippen molar-refractivity contribution in [3.8, 4) is 5.75 Å². The summed E-state index contributed by atoms with van der Waals surface area (Å²) < 4.78 is 8.47. The van der Waals surface area contributed by atoms with Crippen LogP contribution in [0.25, 0.3) is 11.0 Å². The molecule has 1 fully saturated rings. The molecule has 1 aliphatic rings. The largest absolute Gasteiger partial charge is 0.493 e. The Morgan fingerprint density at radius 1 is 1.00 bits per heavy atom. The first-order chi connectivity index (χ1) is 17.0. The van der Waals surface area contributed by atoms with Crippen molar-refractivity contribution in [2.75, 3.05) is 18.1 Å². The number of para-hydroxylation sites is 3. The molecule has 0 N–H and O–H groups in total. The normalized spacial score (nSPS) is 15.9. The highest BCUT2D eigenvalue weighted by Gasteiger charge is 2.34. The topological polar surface area (TPSA) is 47.4 Å². The van der Waals surface area contributed by atoms with Gasteiger partial charge in [0.25, 0.3) is 0 Å². The number of imidazole rings is 1. The second kappa shape index (κ2) is 9.95. The summed E-state index contributed by atoms with van der Waals surface area (Å²) in [4.78, 5) is 19.8. The van der Waals surface area contributed by atoms with Gasteiger partial charge < -0.3 is 14.2 Å². The first-order valence-electron chi connectivity index (χ1n) is 12.5. The highest BCUT2D eigenvalue weighted by Crippen LogP contribution is 2.33. The third-order valence-corrected chi connectivity index (χ3v) is 6.84. The fourth-order valence-corrected chi connectivity index (χ4v) is 4.99. The summed E-state index contributed by atoms with van der Waals surface area (Å²) in [5, 5.41) is 0. The lowest BCUT2D eigenvalue weighted by molar-refractivity contribution is -0.117. The number of nitrogens with zero attached hydrogens (tertiary/aromatic N) is 3. The molecule has 5 rings (SSSR count). The molecule has 1 aromatic heterocycles. The first-order valence-corrected chi connectivity index (χ1v) is 12.5. The summed E-state index contributed by atoms with van der Waals surface area (Å²) in [5.41, 5.74) is 5.49. The molecule has 1 atom stereocenters. The van der Waals surface area contributed by atoms with Gasteiger partial charge in [-0.05, 0) is 55.2 Å². The monoisotopic (exact) mass is 467 g/mol. The number of aromatic nitrogens is 2. The first kappa shape index (κ1) is 23.2. The van der Waals surface area contributed by atoms with Crippen LogP contribution in [-0.4, -0.2) is 28.6 Å². The van der Waals surface area contributed by atoms with E-state index >= 15 is 0 Å². The second-order valence-corrected chi connectivity index (χ2v) is 9.75. The van der Waals surface area contributed by atoms with Gasteiger partial charge in [0.05, 0.1) is 17.6 Å². The summed E-state index contributed by atoms with van der Waals surface area (Å²) >= 11 is 0. The van der Waals surface area contributed by atoms with Crippen LogP contribution in [0.15, 0.2) is 72.8 Å². The fraction of sp³-hybridized carbons (Fsp3) is 0.333. The number of benzene rings is 3. The maximum absolute atomic E-state index is 12.9. The van der Waals surface area contributed by atoms with Crippen LogP contribution in [0.1, 0.15) is 55.5 Å². The summed E-state index contributed by atoms with van der Waals surface area (Å²) in [6, 6.07) is 24.7. The summed E-state index contributed by atoms with van der Waals surface area (Å²) in [5.74, 6) is 2.61. The maximum Gasteiger partial charge on any atom is 0.227 e. The molecule has 1 aliphatic heterocycles. The summed E-state index contributed by atoms with van der Waals surface area (Å²) in [6.45, 7) is 8.53. The molecule has 1 unspecified atom stereocenters. The molecule has 4 aromatic rings. The fourth-order valence-electron chi connectivity index (χ4n) is 4.99. The summed E-state index contributed by atoms with van der Waals surface area (Å²) in [6.07, 6.45) is 1.34. The Bertz CT molecular complexity index is 1320. The standard InChI is InChI=1S/C30H33N3O2/c1-21(2)25-9-4-7-12-28(25)35-18-8-17-32-27-11-6-5-10-26(27)31-30(32)23-19-29(34)33(20-23)24-15-13-22(3)14-16-24/h4-7,9-16,21,23H,8,17-20H2,1-3H3. The predicted molar refractivity (Wildman–Crippen MR) is 141 cm³/mol. The van der Waals surface area contributed by atoms with E-state index in [0.29, 0.717) is 25.5 Å². The molecule has 180 valence electrons. The van der Waals surface area contributed by atoms with E-state index in [2.05, 4.69) is 73.9 Å². The molecule has 5 heteroatoms. The van der Waals surface area contributed by atoms with Crippen LogP contribution in [0, 0.1) is 6.92 Å². The van der Waals surface area contributed by atoms with E-state index in [-0.39, 0.29) is 11.8 Å². The Labute approximate surface area is 207 Å². The smallest absolute Gasteiger partial charge is 0.227 e. The van der Waals surface area contributed by atoms with Crippen molar-refractivity contribution in [1.29, 1.82) is 0 Å². The number of amides is 1. The Kier molecular flexibility index (Phi) is 6.58. The molecule has 0 spiro atoms. The highest BCUT2D eigenvalue weighted by atomic mass is 16.5. The van der Waals surface area contributed by atoms with E-state index in [1.807, 2.05) is 29.2 Å². The average molecular weight is 468 g/mol. The van der Waals surface area contributed by atoms with Gasteiger partial charge in [-0.15, -0.1) is 0 Å². The van der Waals surface area contributed by atoms with Crippen LogP contribution >= 0.6 is 0 Å². The van der Waals surface area contributed by atoms with Crippen molar-refractivity contribution < 1.29 is 9.53 Å². The molecule has 35 heavy (non-hydrogen) atoms. The molecule has 1 saturated heterocycles. The van der Waals surface area contributed by atoms with E-state index < -0.39 is 0 Å². The second-order valence-electron chi connectivity index (χ2n) is 9.75. The Hall–Kier alpha value is -3.60. The van der Waals surface area contributed by atoms with Gasteiger partial charge in [-0.1, -0.05) is 61.9 Å². The van der Waals surface area contributed by atoms with Gasteiger partial charge in [-0.3, -0.25) is 4.79 Å². The minimum Gasteiger partial charge on any atom is -0.493 e. The lowest BCUT2D eigenvalue weighted by atomic mass is 10.0. The van der Waals surface area contributed by atoms with Gasteiger partial charge in [0, 0.05) is 31.1 Å². The lowest BCUT2D eigenvalue weighted by Gasteiger charge is -2.18. The zero-order valence-electron chi connectivity index (χ0n) is 20.8. The number of fused-ring (bicyclic) bond motifs is 1. The van der Waals surface area contributed by atoms with E-state index in [9.17, 15) is 4.79 Å². The van der Waals surface area contributed by atoms with Gasteiger partial charge >= 0.3 is 0 Å². The van der Waals surface area contributed by atoms with Crippen LogP contribution in [0.2, 0.25) is 0 Å². The minimum atomic E-state index is 0.0683.